The summed E-state index contributed by atoms with van der Waals surface area (Å²) >= 11 is 5.81. The third-order valence-electron chi connectivity index (χ3n) is 4.59. The van der Waals surface area contributed by atoms with Gasteiger partial charge in [-0.25, -0.2) is 32.0 Å². The Bertz CT molecular complexity index is 1460. The van der Waals surface area contributed by atoms with Gasteiger partial charge in [-0.15, -0.1) is 0 Å². The predicted octanol–water partition coefficient (Wildman–Crippen LogP) is 4.27. The van der Waals surface area contributed by atoms with Crippen LogP contribution in [0.25, 0.3) is 11.3 Å². The lowest BCUT2D eigenvalue weighted by molar-refractivity contribution is -0.144. The number of sulfonamides is 1. The lowest BCUT2D eigenvalue weighted by Gasteiger charge is -2.14. The van der Waals surface area contributed by atoms with Crippen LogP contribution < -0.4 is 4.72 Å². The molecule has 0 unspecified atom stereocenters. The fraction of sp³-hybridized carbons (Fsp3) is 0.105. The summed E-state index contributed by atoms with van der Waals surface area (Å²) < 4.78 is 101. The van der Waals surface area contributed by atoms with Gasteiger partial charge >= 0.3 is 12.1 Å². The molecule has 0 saturated heterocycles. The number of cyclic esters (lactones) is 1. The SMILES string of the molecule is O=C1OCc2cnc(C(F)(F)F)nc2-c2cc(c(F)cc2F)NS(=O)(=O)c2cc1cc(Cl)c2O. The van der Waals surface area contributed by atoms with Crippen molar-refractivity contribution in [1.29, 1.82) is 0 Å². The summed E-state index contributed by atoms with van der Waals surface area (Å²) in [4.78, 5) is 18.0. The fourth-order valence-corrected chi connectivity index (χ4v) is 4.49. The summed E-state index contributed by atoms with van der Waals surface area (Å²) in [7, 11) is -4.85. The molecule has 0 amide bonds. The van der Waals surface area contributed by atoms with Crippen molar-refractivity contribution in [3.8, 4) is 17.0 Å². The minimum Gasteiger partial charge on any atom is -0.505 e. The standard InChI is InChI=1S/C19H9ClF5N3O5S/c20-10-1-7-2-14(16(10)29)34(31,32)28-13-3-9(11(21)4-12(13)22)15-8(6-33-17(7)30)5-26-18(27-15)19(23,24)25/h1-5,28-29H,6H2. The number of carbonyl (C=O) groups excluding carboxylic acids is 1. The Balaban J connectivity index is 2.02. The Morgan fingerprint density at radius 1 is 1.12 bits per heavy atom. The maximum Gasteiger partial charge on any atom is 0.451 e. The number of benzene rings is 2. The Hall–Kier alpha value is -3.52. The molecule has 0 aliphatic carbocycles. The van der Waals surface area contributed by atoms with Gasteiger partial charge in [0.2, 0.25) is 5.82 Å². The second-order valence-electron chi connectivity index (χ2n) is 6.86. The number of alkyl halides is 3. The molecular weight excluding hydrogens is 513 g/mol. The quantitative estimate of drug-likeness (QED) is 0.335. The van der Waals surface area contributed by atoms with E-state index in [-0.39, 0.29) is 11.6 Å². The van der Waals surface area contributed by atoms with Crippen molar-refractivity contribution >= 4 is 33.3 Å². The zero-order valence-electron chi connectivity index (χ0n) is 16.2. The molecule has 2 heterocycles. The zero-order valence-corrected chi connectivity index (χ0v) is 17.8. The van der Waals surface area contributed by atoms with E-state index in [1.54, 1.807) is 4.72 Å². The number of aromatic nitrogens is 2. The number of nitrogens with one attached hydrogen (secondary N) is 1. The summed E-state index contributed by atoms with van der Waals surface area (Å²) in [6, 6.07) is 2.36. The number of phenols is 1. The number of esters is 1. The minimum absolute atomic E-state index is 0.223. The number of hydrogen-bond donors (Lipinski definition) is 2. The first kappa shape index (κ1) is 23.6. The van der Waals surface area contributed by atoms with Crippen molar-refractivity contribution < 1.29 is 45.0 Å². The Labute approximate surface area is 192 Å². The van der Waals surface area contributed by atoms with Crippen molar-refractivity contribution in [2.45, 2.75) is 17.7 Å². The molecule has 1 aromatic heterocycles. The molecule has 1 aliphatic rings. The highest BCUT2D eigenvalue weighted by molar-refractivity contribution is 7.92. The summed E-state index contributed by atoms with van der Waals surface area (Å²) in [5.74, 6) is -6.66. The number of anilines is 1. The van der Waals surface area contributed by atoms with Gasteiger partial charge in [-0.1, -0.05) is 11.6 Å². The maximum absolute atomic E-state index is 14.6. The van der Waals surface area contributed by atoms with Crippen LogP contribution in [-0.2, 0) is 27.5 Å². The number of aromatic hydroxyl groups is 1. The molecule has 4 bridgehead atoms. The third kappa shape index (κ3) is 4.21. The summed E-state index contributed by atoms with van der Waals surface area (Å²) in [6.45, 7) is -0.771. The Kier molecular flexibility index (Phi) is 5.60. The second kappa shape index (κ2) is 8.06. The lowest BCUT2D eigenvalue weighted by Crippen LogP contribution is -2.16. The van der Waals surface area contributed by atoms with Gasteiger partial charge in [-0.05, 0) is 18.2 Å². The number of hydrogen-bond acceptors (Lipinski definition) is 7. The number of rotatable bonds is 0. The highest BCUT2D eigenvalue weighted by Crippen LogP contribution is 2.37. The van der Waals surface area contributed by atoms with E-state index in [9.17, 15) is 40.3 Å². The van der Waals surface area contributed by atoms with Crippen molar-refractivity contribution in [1.82, 2.24) is 9.97 Å². The summed E-state index contributed by atoms with van der Waals surface area (Å²) in [5.41, 5.74) is -3.12. The zero-order chi connectivity index (χ0) is 25.0. The number of carbonyl (C=O) groups is 1. The number of fused-ring (bicyclic) bond motifs is 6. The topological polar surface area (TPSA) is 118 Å². The molecule has 3 aromatic rings. The largest absolute Gasteiger partial charge is 0.505 e. The van der Waals surface area contributed by atoms with Crippen LogP contribution in [0.3, 0.4) is 0 Å². The number of halogens is 6. The molecule has 178 valence electrons. The summed E-state index contributed by atoms with van der Waals surface area (Å²) in [5, 5.41) is 9.53. The van der Waals surface area contributed by atoms with E-state index < -0.39 is 84.4 Å². The molecule has 4 rings (SSSR count). The van der Waals surface area contributed by atoms with Gasteiger partial charge in [-0.2, -0.15) is 13.2 Å². The van der Waals surface area contributed by atoms with Gasteiger partial charge < -0.3 is 9.84 Å². The summed E-state index contributed by atoms with van der Waals surface area (Å²) in [6.07, 6.45) is -4.40. The third-order valence-corrected chi connectivity index (χ3v) is 6.25. The highest BCUT2D eigenvalue weighted by Gasteiger charge is 2.36. The Morgan fingerprint density at radius 2 is 1.82 bits per heavy atom. The van der Waals surface area contributed by atoms with Crippen LogP contribution in [0, 0.1) is 11.6 Å². The van der Waals surface area contributed by atoms with Gasteiger partial charge in [0.25, 0.3) is 10.0 Å². The first-order chi connectivity index (χ1) is 15.8. The molecule has 2 N–H and O–H groups in total. The molecule has 0 atom stereocenters. The Morgan fingerprint density at radius 3 is 2.50 bits per heavy atom. The van der Waals surface area contributed by atoms with E-state index in [4.69, 9.17) is 16.3 Å². The van der Waals surface area contributed by atoms with E-state index in [2.05, 4.69) is 9.97 Å². The van der Waals surface area contributed by atoms with E-state index in [0.29, 0.717) is 18.3 Å². The van der Waals surface area contributed by atoms with Crippen LogP contribution in [0.1, 0.15) is 21.7 Å². The van der Waals surface area contributed by atoms with Gasteiger partial charge in [0.15, 0.2) is 5.75 Å². The number of ether oxygens (including phenoxy) is 1. The van der Waals surface area contributed by atoms with E-state index >= 15 is 0 Å². The molecule has 15 heteroatoms. The van der Waals surface area contributed by atoms with E-state index in [0.717, 1.165) is 6.07 Å². The molecule has 34 heavy (non-hydrogen) atoms. The van der Waals surface area contributed by atoms with Gasteiger partial charge in [0, 0.05) is 23.4 Å². The predicted molar refractivity (Wildman–Crippen MR) is 105 cm³/mol. The van der Waals surface area contributed by atoms with Crippen LogP contribution in [0.5, 0.6) is 5.75 Å². The van der Waals surface area contributed by atoms with Crippen LogP contribution in [0.2, 0.25) is 5.02 Å². The first-order valence-corrected chi connectivity index (χ1v) is 10.8. The van der Waals surface area contributed by atoms with Crippen LogP contribution in [0.15, 0.2) is 35.4 Å². The van der Waals surface area contributed by atoms with Crippen LogP contribution in [0.4, 0.5) is 27.6 Å². The molecule has 0 radical (unpaired) electrons. The fourth-order valence-electron chi connectivity index (χ4n) is 3.01. The normalized spacial score (nSPS) is 15.2. The van der Waals surface area contributed by atoms with Crippen molar-refractivity contribution in [3.05, 3.63) is 64.1 Å². The average molecular weight is 522 g/mol. The van der Waals surface area contributed by atoms with Gasteiger partial charge in [0.05, 0.1) is 22.0 Å². The first-order valence-electron chi connectivity index (χ1n) is 8.93. The second-order valence-corrected chi connectivity index (χ2v) is 8.92. The number of phenolic OH excluding ortho intramolecular Hbond substituents is 1. The average Bonchev–Trinajstić information content (AvgIpc) is 2.74. The lowest BCUT2D eigenvalue weighted by atomic mass is 10.1. The van der Waals surface area contributed by atoms with Crippen molar-refractivity contribution in [2.24, 2.45) is 0 Å². The molecule has 0 fully saturated rings. The molecule has 0 spiro atoms. The van der Waals surface area contributed by atoms with Crippen molar-refractivity contribution in [3.63, 3.8) is 0 Å². The van der Waals surface area contributed by atoms with Gasteiger partial charge in [-0.3, -0.25) is 4.72 Å². The van der Waals surface area contributed by atoms with Crippen LogP contribution in [-0.4, -0.2) is 29.5 Å². The van der Waals surface area contributed by atoms with Gasteiger partial charge in [0.1, 0.15) is 23.1 Å². The molecule has 8 nitrogen and oxygen atoms in total. The molecule has 0 saturated carbocycles. The number of nitrogens with zero attached hydrogens (tertiary/aromatic N) is 2. The molecule has 1 aliphatic heterocycles. The monoisotopic (exact) mass is 521 g/mol. The van der Waals surface area contributed by atoms with E-state index in [1.807, 2.05) is 0 Å². The smallest absolute Gasteiger partial charge is 0.451 e. The maximum atomic E-state index is 14.6. The molecular formula is C19H9ClF5N3O5S. The van der Waals surface area contributed by atoms with Crippen molar-refractivity contribution in [2.75, 3.05) is 4.72 Å². The van der Waals surface area contributed by atoms with E-state index in [1.165, 1.54) is 0 Å². The molecule has 2 aromatic carbocycles. The minimum atomic E-state index is -5.04. The van der Waals surface area contributed by atoms with Crippen LogP contribution >= 0.6 is 11.6 Å². The highest BCUT2D eigenvalue weighted by atomic mass is 35.5.